The first-order valence-electron chi connectivity index (χ1n) is 7.70. The molecule has 0 fully saturated rings. The van der Waals surface area contributed by atoms with Crippen molar-refractivity contribution in [3.63, 3.8) is 0 Å². The van der Waals surface area contributed by atoms with E-state index in [1.165, 1.54) is 30.5 Å². The van der Waals surface area contributed by atoms with E-state index in [-0.39, 0.29) is 0 Å². The second kappa shape index (κ2) is 7.29. The number of aryl methyl sites for hydroxylation is 2. The Hall–Kier alpha value is -1.78. The first-order chi connectivity index (χ1) is 10.1. The fraction of sp³-hybridized carbons (Fsp3) is 0.625. The minimum atomic E-state index is 0.718. The third-order valence-electron chi connectivity index (χ3n) is 4.25. The number of guanidine groups is 1. The second-order valence-electron chi connectivity index (χ2n) is 5.73. The number of rotatable bonds is 4. The third kappa shape index (κ3) is 4.09. The number of allylic oxidation sites excluding steroid dienone is 2. The van der Waals surface area contributed by atoms with Gasteiger partial charge >= 0.3 is 0 Å². The van der Waals surface area contributed by atoms with Crippen LogP contribution >= 0.6 is 0 Å². The summed E-state index contributed by atoms with van der Waals surface area (Å²) in [6.45, 7) is 5.89. The number of aromatic nitrogens is 2. The van der Waals surface area contributed by atoms with Gasteiger partial charge in [0, 0.05) is 38.4 Å². The van der Waals surface area contributed by atoms with Gasteiger partial charge in [0.1, 0.15) is 0 Å². The molecule has 2 N–H and O–H groups in total. The summed E-state index contributed by atoms with van der Waals surface area (Å²) in [5, 5.41) is 11.3. The summed E-state index contributed by atoms with van der Waals surface area (Å²) < 4.78 is 1.93. The fourth-order valence-electron chi connectivity index (χ4n) is 2.75. The molecule has 0 aromatic carbocycles. The molecule has 0 aliphatic heterocycles. The first kappa shape index (κ1) is 15.6. The van der Waals surface area contributed by atoms with Crippen LogP contribution in [0.4, 0.5) is 0 Å². The van der Waals surface area contributed by atoms with Gasteiger partial charge in [-0.25, -0.2) is 0 Å². The topological polar surface area (TPSA) is 54.2 Å². The Morgan fingerprint density at radius 2 is 2.19 bits per heavy atom. The van der Waals surface area contributed by atoms with E-state index in [4.69, 9.17) is 0 Å². The molecule has 0 saturated carbocycles. The maximum Gasteiger partial charge on any atom is 0.191 e. The van der Waals surface area contributed by atoms with Crippen LogP contribution in [-0.2, 0) is 13.6 Å². The molecular weight excluding hydrogens is 262 g/mol. The lowest BCUT2D eigenvalue weighted by molar-refractivity contribution is 0.469. The normalized spacial score (nSPS) is 18.9. The average molecular weight is 289 g/mol. The third-order valence-corrected chi connectivity index (χ3v) is 4.25. The summed E-state index contributed by atoms with van der Waals surface area (Å²) in [5.41, 5.74) is 3.53. The van der Waals surface area contributed by atoms with Crippen molar-refractivity contribution in [2.45, 2.75) is 39.7 Å². The summed E-state index contributed by atoms with van der Waals surface area (Å²) in [7, 11) is 3.80. The molecule has 1 aromatic rings. The molecule has 5 heteroatoms. The molecule has 2 rings (SSSR count). The van der Waals surface area contributed by atoms with Gasteiger partial charge in [-0.3, -0.25) is 9.67 Å². The van der Waals surface area contributed by atoms with E-state index in [2.05, 4.69) is 46.7 Å². The summed E-state index contributed by atoms with van der Waals surface area (Å²) in [6.07, 6.45) is 8.20. The number of aliphatic imine (C=N–C) groups is 1. The molecule has 0 bridgehead atoms. The van der Waals surface area contributed by atoms with Gasteiger partial charge in [-0.2, -0.15) is 5.10 Å². The van der Waals surface area contributed by atoms with Crippen LogP contribution < -0.4 is 10.6 Å². The molecule has 1 aliphatic rings. The molecule has 0 saturated heterocycles. The number of hydrogen-bond acceptors (Lipinski definition) is 2. The highest BCUT2D eigenvalue weighted by molar-refractivity contribution is 5.79. The van der Waals surface area contributed by atoms with Crippen molar-refractivity contribution in [3.05, 3.63) is 29.1 Å². The fourth-order valence-corrected chi connectivity index (χ4v) is 2.75. The highest BCUT2D eigenvalue weighted by atomic mass is 15.3. The van der Waals surface area contributed by atoms with Gasteiger partial charge in [-0.05, 0) is 39.0 Å². The molecule has 1 atom stereocenters. The first-order valence-corrected chi connectivity index (χ1v) is 7.70. The van der Waals surface area contributed by atoms with Crippen LogP contribution in [0.2, 0.25) is 0 Å². The lowest BCUT2D eigenvalue weighted by Gasteiger charge is -2.20. The molecule has 0 spiro atoms. The molecule has 116 valence electrons. The summed E-state index contributed by atoms with van der Waals surface area (Å²) in [4.78, 5) is 4.30. The largest absolute Gasteiger partial charge is 0.356 e. The van der Waals surface area contributed by atoms with Gasteiger partial charge in [0.25, 0.3) is 0 Å². The van der Waals surface area contributed by atoms with Crippen LogP contribution in [0.25, 0.3) is 0 Å². The van der Waals surface area contributed by atoms with Crippen LogP contribution in [0.1, 0.15) is 36.2 Å². The number of hydrogen-bond donors (Lipinski definition) is 2. The molecule has 21 heavy (non-hydrogen) atoms. The summed E-state index contributed by atoms with van der Waals surface area (Å²) >= 11 is 0. The van der Waals surface area contributed by atoms with Gasteiger partial charge in [0.15, 0.2) is 5.96 Å². The SMILES string of the molecule is CN=C(NCc1c(C)nn(C)c1C)NCC1CC=CCC1. The maximum absolute atomic E-state index is 4.44. The van der Waals surface area contributed by atoms with Crippen LogP contribution in [0.15, 0.2) is 17.1 Å². The quantitative estimate of drug-likeness (QED) is 0.507. The van der Waals surface area contributed by atoms with Gasteiger partial charge in [-0.1, -0.05) is 12.2 Å². The molecule has 5 nitrogen and oxygen atoms in total. The summed E-state index contributed by atoms with van der Waals surface area (Å²) in [6, 6.07) is 0. The minimum Gasteiger partial charge on any atom is -0.356 e. The molecule has 1 aromatic heterocycles. The molecule has 0 amide bonds. The van der Waals surface area contributed by atoms with Crippen molar-refractivity contribution in [2.75, 3.05) is 13.6 Å². The average Bonchev–Trinajstić information content (AvgIpc) is 2.74. The Balaban J connectivity index is 1.84. The smallest absolute Gasteiger partial charge is 0.191 e. The number of nitrogens with one attached hydrogen (secondary N) is 2. The van der Waals surface area contributed by atoms with E-state index < -0.39 is 0 Å². The van der Waals surface area contributed by atoms with Gasteiger partial charge in [0.2, 0.25) is 0 Å². The monoisotopic (exact) mass is 289 g/mol. The van der Waals surface area contributed by atoms with Crippen molar-refractivity contribution in [2.24, 2.45) is 18.0 Å². The zero-order chi connectivity index (χ0) is 15.2. The lowest BCUT2D eigenvalue weighted by atomic mass is 9.94. The summed E-state index contributed by atoms with van der Waals surface area (Å²) in [5.74, 6) is 1.59. The van der Waals surface area contributed by atoms with Crippen LogP contribution in [0.5, 0.6) is 0 Å². The highest BCUT2D eigenvalue weighted by Crippen LogP contribution is 2.16. The van der Waals surface area contributed by atoms with Crippen molar-refractivity contribution >= 4 is 5.96 Å². The maximum atomic E-state index is 4.44. The van der Waals surface area contributed by atoms with Crippen molar-refractivity contribution in [1.29, 1.82) is 0 Å². The van der Waals surface area contributed by atoms with Crippen LogP contribution in [-0.4, -0.2) is 29.3 Å². The van der Waals surface area contributed by atoms with Gasteiger partial charge in [-0.15, -0.1) is 0 Å². The van der Waals surface area contributed by atoms with Crippen molar-refractivity contribution in [3.8, 4) is 0 Å². The Morgan fingerprint density at radius 3 is 2.76 bits per heavy atom. The van der Waals surface area contributed by atoms with Gasteiger partial charge < -0.3 is 10.6 Å². The van der Waals surface area contributed by atoms with E-state index in [0.29, 0.717) is 0 Å². The molecule has 1 unspecified atom stereocenters. The zero-order valence-corrected chi connectivity index (χ0v) is 13.6. The Bertz CT molecular complexity index is 527. The standard InChI is InChI=1S/C16H27N5/c1-12-15(13(2)21(4)20-12)11-19-16(17-3)18-10-14-8-6-5-7-9-14/h5-6,14H,7-11H2,1-4H3,(H2,17,18,19). The predicted octanol–water partition coefficient (Wildman–Crippen LogP) is 2.06. The lowest BCUT2D eigenvalue weighted by Crippen LogP contribution is -2.39. The van der Waals surface area contributed by atoms with Crippen molar-refractivity contribution < 1.29 is 0 Å². The predicted molar refractivity (Wildman–Crippen MR) is 87.4 cm³/mol. The second-order valence-corrected chi connectivity index (χ2v) is 5.73. The number of nitrogens with zero attached hydrogens (tertiary/aromatic N) is 3. The Kier molecular flexibility index (Phi) is 5.42. The highest BCUT2D eigenvalue weighted by Gasteiger charge is 2.12. The molecule has 1 aliphatic carbocycles. The van der Waals surface area contributed by atoms with Crippen LogP contribution in [0, 0.1) is 19.8 Å². The minimum absolute atomic E-state index is 0.718. The van der Waals surface area contributed by atoms with Crippen molar-refractivity contribution in [1.82, 2.24) is 20.4 Å². The Labute approximate surface area is 127 Å². The van der Waals surface area contributed by atoms with Gasteiger partial charge in [0.05, 0.1) is 5.69 Å². The van der Waals surface area contributed by atoms with E-state index in [9.17, 15) is 0 Å². The molecular formula is C16H27N5. The zero-order valence-electron chi connectivity index (χ0n) is 13.6. The van der Waals surface area contributed by atoms with E-state index in [1.54, 1.807) is 0 Å². The Morgan fingerprint density at radius 1 is 1.38 bits per heavy atom. The molecule has 0 radical (unpaired) electrons. The molecule has 1 heterocycles. The van der Waals surface area contributed by atoms with E-state index in [1.807, 2.05) is 18.8 Å². The van der Waals surface area contributed by atoms with E-state index in [0.717, 1.165) is 30.7 Å². The van der Waals surface area contributed by atoms with Crippen LogP contribution in [0.3, 0.4) is 0 Å². The van der Waals surface area contributed by atoms with E-state index >= 15 is 0 Å².